The number of carbonyl (C=O) groups excluding carboxylic acids is 2. The van der Waals surface area contributed by atoms with Crippen LogP contribution >= 0.6 is 0 Å². The van der Waals surface area contributed by atoms with Crippen molar-refractivity contribution in [1.82, 2.24) is 5.32 Å². The minimum Gasteiger partial charge on any atom is -0.379 e. The molecule has 0 saturated carbocycles. The molecule has 0 aliphatic carbocycles. The molecule has 1 heterocycles. The standard InChI is InChI=1S/C14H18N2O3/c1-10(17)11-4-6-12(7-5-11)15-14(18)16-13-3-2-8-19-9-13/h4-7,13H,2-3,8-9H2,1H3,(H2,15,16,18). The van der Waals surface area contributed by atoms with E-state index in [0.717, 1.165) is 19.4 Å². The van der Waals surface area contributed by atoms with Crippen LogP contribution in [0.2, 0.25) is 0 Å². The molecule has 1 unspecified atom stereocenters. The Labute approximate surface area is 112 Å². The summed E-state index contributed by atoms with van der Waals surface area (Å²) in [5.74, 6) is 0.00959. The zero-order valence-corrected chi connectivity index (χ0v) is 10.9. The Hall–Kier alpha value is -1.88. The Morgan fingerprint density at radius 2 is 2.00 bits per heavy atom. The van der Waals surface area contributed by atoms with Gasteiger partial charge in [0.25, 0.3) is 0 Å². The maximum atomic E-state index is 11.8. The van der Waals surface area contributed by atoms with E-state index in [-0.39, 0.29) is 17.9 Å². The summed E-state index contributed by atoms with van der Waals surface area (Å²) < 4.78 is 5.30. The first-order valence-corrected chi connectivity index (χ1v) is 6.41. The zero-order valence-electron chi connectivity index (χ0n) is 10.9. The van der Waals surface area contributed by atoms with Crippen molar-refractivity contribution in [3.8, 4) is 0 Å². The summed E-state index contributed by atoms with van der Waals surface area (Å²) in [6, 6.07) is 6.65. The smallest absolute Gasteiger partial charge is 0.319 e. The van der Waals surface area contributed by atoms with Gasteiger partial charge in [-0.1, -0.05) is 0 Å². The van der Waals surface area contributed by atoms with Gasteiger partial charge in [-0.15, -0.1) is 0 Å². The van der Waals surface area contributed by atoms with E-state index in [0.29, 0.717) is 17.9 Å². The molecule has 0 aromatic heterocycles. The molecule has 2 amide bonds. The first kappa shape index (κ1) is 13.5. The normalized spacial score (nSPS) is 18.7. The molecule has 0 radical (unpaired) electrons. The lowest BCUT2D eigenvalue weighted by atomic mass is 10.1. The molecule has 1 aromatic rings. The third-order valence-electron chi connectivity index (χ3n) is 3.04. The molecule has 1 aliphatic heterocycles. The van der Waals surface area contributed by atoms with E-state index >= 15 is 0 Å². The van der Waals surface area contributed by atoms with Gasteiger partial charge >= 0.3 is 6.03 Å². The lowest BCUT2D eigenvalue weighted by Gasteiger charge is -2.23. The predicted molar refractivity (Wildman–Crippen MR) is 72.4 cm³/mol. The molecule has 2 rings (SSSR count). The summed E-state index contributed by atoms with van der Waals surface area (Å²) in [6.07, 6.45) is 1.91. The van der Waals surface area contributed by atoms with E-state index in [9.17, 15) is 9.59 Å². The summed E-state index contributed by atoms with van der Waals surface area (Å²) in [5, 5.41) is 5.60. The highest BCUT2D eigenvalue weighted by atomic mass is 16.5. The molecule has 1 saturated heterocycles. The SMILES string of the molecule is CC(=O)c1ccc(NC(=O)NC2CCCOC2)cc1. The number of hydrogen-bond donors (Lipinski definition) is 2. The number of benzene rings is 1. The van der Waals surface area contributed by atoms with Crippen molar-refractivity contribution in [3.63, 3.8) is 0 Å². The predicted octanol–water partition coefficient (Wildman–Crippen LogP) is 2.19. The quantitative estimate of drug-likeness (QED) is 0.820. The fourth-order valence-electron chi connectivity index (χ4n) is 2.00. The highest BCUT2D eigenvalue weighted by Gasteiger charge is 2.15. The van der Waals surface area contributed by atoms with E-state index in [4.69, 9.17) is 4.74 Å². The number of carbonyl (C=O) groups is 2. The van der Waals surface area contributed by atoms with Crippen molar-refractivity contribution < 1.29 is 14.3 Å². The zero-order chi connectivity index (χ0) is 13.7. The van der Waals surface area contributed by atoms with Crippen LogP contribution in [0, 0.1) is 0 Å². The molecule has 2 N–H and O–H groups in total. The number of nitrogens with one attached hydrogen (secondary N) is 2. The van der Waals surface area contributed by atoms with Gasteiger partial charge < -0.3 is 15.4 Å². The number of anilines is 1. The first-order chi connectivity index (χ1) is 9.15. The average Bonchev–Trinajstić information content (AvgIpc) is 2.40. The molecule has 102 valence electrons. The van der Waals surface area contributed by atoms with Crippen molar-refractivity contribution in [2.45, 2.75) is 25.8 Å². The Morgan fingerprint density at radius 3 is 2.58 bits per heavy atom. The Bertz CT molecular complexity index is 450. The number of ketones is 1. The van der Waals surface area contributed by atoms with Crippen LogP contribution < -0.4 is 10.6 Å². The van der Waals surface area contributed by atoms with Gasteiger partial charge in [0, 0.05) is 17.9 Å². The van der Waals surface area contributed by atoms with Gasteiger partial charge in [0.15, 0.2) is 5.78 Å². The summed E-state index contributed by atoms with van der Waals surface area (Å²) in [6.45, 7) is 2.85. The van der Waals surface area contributed by atoms with Crippen molar-refractivity contribution >= 4 is 17.5 Å². The Balaban J connectivity index is 1.85. The number of hydrogen-bond acceptors (Lipinski definition) is 3. The van der Waals surface area contributed by atoms with Crippen molar-refractivity contribution in [1.29, 1.82) is 0 Å². The van der Waals surface area contributed by atoms with Crippen LogP contribution in [0.4, 0.5) is 10.5 Å². The fourth-order valence-corrected chi connectivity index (χ4v) is 2.00. The molecular formula is C14H18N2O3. The molecule has 1 fully saturated rings. The maximum Gasteiger partial charge on any atom is 0.319 e. The minimum absolute atomic E-state index is 0.00959. The maximum absolute atomic E-state index is 11.8. The van der Waals surface area contributed by atoms with Crippen LogP contribution in [0.3, 0.4) is 0 Å². The van der Waals surface area contributed by atoms with E-state index < -0.39 is 0 Å². The second-order valence-corrected chi connectivity index (χ2v) is 4.65. The monoisotopic (exact) mass is 262 g/mol. The third-order valence-corrected chi connectivity index (χ3v) is 3.04. The molecule has 1 aromatic carbocycles. The minimum atomic E-state index is -0.244. The molecular weight excluding hydrogens is 244 g/mol. The van der Waals surface area contributed by atoms with Crippen LogP contribution in [0.15, 0.2) is 24.3 Å². The van der Waals surface area contributed by atoms with Crippen LogP contribution in [0.5, 0.6) is 0 Å². The average molecular weight is 262 g/mol. The van der Waals surface area contributed by atoms with Crippen molar-refractivity contribution in [2.24, 2.45) is 0 Å². The van der Waals surface area contributed by atoms with Crippen LogP contribution in [-0.2, 0) is 4.74 Å². The van der Waals surface area contributed by atoms with Crippen LogP contribution in [0.25, 0.3) is 0 Å². The van der Waals surface area contributed by atoms with Crippen molar-refractivity contribution in [3.05, 3.63) is 29.8 Å². The third kappa shape index (κ3) is 4.06. The molecule has 5 nitrogen and oxygen atoms in total. The van der Waals surface area contributed by atoms with Crippen molar-refractivity contribution in [2.75, 3.05) is 18.5 Å². The second-order valence-electron chi connectivity index (χ2n) is 4.65. The van der Waals surface area contributed by atoms with Gasteiger partial charge in [0.05, 0.1) is 12.6 Å². The molecule has 0 spiro atoms. The van der Waals surface area contributed by atoms with Gasteiger partial charge in [-0.2, -0.15) is 0 Å². The van der Waals surface area contributed by atoms with E-state index in [1.165, 1.54) is 6.92 Å². The first-order valence-electron chi connectivity index (χ1n) is 6.41. The van der Waals surface area contributed by atoms with E-state index in [1.54, 1.807) is 24.3 Å². The Morgan fingerprint density at radius 1 is 1.26 bits per heavy atom. The lowest BCUT2D eigenvalue weighted by Crippen LogP contribution is -2.42. The summed E-state index contributed by atoms with van der Waals surface area (Å²) in [7, 11) is 0. The lowest BCUT2D eigenvalue weighted by molar-refractivity contribution is 0.0739. The number of urea groups is 1. The van der Waals surface area contributed by atoms with E-state index in [2.05, 4.69) is 10.6 Å². The second kappa shape index (κ2) is 6.33. The molecule has 1 atom stereocenters. The molecule has 0 bridgehead atoms. The van der Waals surface area contributed by atoms with Gasteiger partial charge in [0.2, 0.25) is 0 Å². The van der Waals surface area contributed by atoms with Gasteiger partial charge in [0.1, 0.15) is 0 Å². The largest absolute Gasteiger partial charge is 0.379 e. The van der Waals surface area contributed by atoms with Crippen LogP contribution in [-0.4, -0.2) is 31.1 Å². The fraction of sp³-hybridized carbons (Fsp3) is 0.429. The number of rotatable bonds is 3. The number of Topliss-reactive ketones (excluding diaryl/α,β-unsaturated/α-hetero) is 1. The highest BCUT2D eigenvalue weighted by Crippen LogP contribution is 2.11. The molecule has 5 heteroatoms. The van der Waals surface area contributed by atoms with Crippen LogP contribution in [0.1, 0.15) is 30.1 Å². The topological polar surface area (TPSA) is 67.4 Å². The molecule has 1 aliphatic rings. The highest BCUT2D eigenvalue weighted by molar-refractivity contribution is 5.95. The van der Waals surface area contributed by atoms with Gasteiger partial charge in [-0.3, -0.25) is 4.79 Å². The summed E-state index contributed by atoms with van der Waals surface area (Å²) >= 11 is 0. The van der Waals surface area contributed by atoms with Gasteiger partial charge in [-0.25, -0.2) is 4.79 Å². The number of ether oxygens (including phenoxy) is 1. The van der Waals surface area contributed by atoms with Gasteiger partial charge in [-0.05, 0) is 44.0 Å². The van der Waals surface area contributed by atoms with E-state index in [1.807, 2.05) is 0 Å². The molecule has 19 heavy (non-hydrogen) atoms. The number of amides is 2. The summed E-state index contributed by atoms with van der Waals surface area (Å²) in [4.78, 5) is 22.9. The Kier molecular flexibility index (Phi) is 4.52. The summed E-state index contributed by atoms with van der Waals surface area (Å²) in [5.41, 5.74) is 1.30.